The molecule has 0 heterocycles. The van der Waals surface area contributed by atoms with E-state index in [1.807, 2.05) is 13.8 Å². The smallest absolute Gasteiger partial charge is 0.131 e. The zero-order valence-electron chi connectivity index (χ0n) is 11.4. The van der Waals surface area contributed by atoms with Crippen LogP contribution in [0.25, 0.3) is 0 Å². The lowest BCUT2D eigenvalue weighted by atomic mass is 9.83. The minimum Gasteiger partial charge on any atom is -0.376 e. The maximum Gasteiger partial charge on any atom is 0.131 e. The molecule has 1 aromatic rings. The van der Waals surface area contributed by atoms with Crippen molar-refractivity contribution in [3.8, 4) is 0 Å². The summed E-state index contributed by atoms with van der Waals surface area (Å²) in [6.07, 6.45) is 1.33. The van der Waals surface area contributed by atoms with Gasteiger partial charge in [0.25, 0.3) is 0 Å². The summed E-state index contributed by atoms with van der Waals surface area (Å²) in [6.45, 7) is 3.91. The number of ether oxygens (including phenoxy) is 1. The summed E-state index contributed by atoms with van der Waals surface area (Å²) in [7, 11) is 3.27. The van der Waals surface area contributed by atoms with Crippen LogP contribution in [0.3, 0.4) is 0 Å². The predicted molar refractivity (Wildman–Crippen MR) is 68.5 cm³/mol. The molecule has 1 N–H and O–H groups in total. The normalized spacial score (nSPS) is 13.7. The second-order valence-corrected chi connectivity index (χ2v) is 4.33. The minimum atomic E-state index is -0.613. The maximum absolute atomic E-state index is 13.9. The maximum atomic E-state index is 13.9. The number of hydrogen-bond acceptors (Lipinski definition) is 2. The third-order valence-corrected chi connectivity index (χ3v) is 3.71. The molecule has 0 aliphatic carbocycles. The first-order valence-corrected chi connectivity index (χ1v) is 6.22. The Kier molecular flexibility index (Phi) is 5.23. The van der Waals surface area contributed by atoms with Gasteiger partial charge in [-0.15, -0.1) is 0 Å². The first kappa shape index (κ1) is 15.1. The average Bonchev–Trinajstić information content (AvgIpc) is 2.38. The van der Waals surface area contributed by atoms with Crippen LogP contribution in [0.4, 0.5) is 8.78 Å². The van der Waals surface area contributed by atoms with Gasteiger partial charge in [-0.2, -0.15) is 0 Å². The number of nitrogens with one attached hydrogen (secondary N) is 1. The second kappa shape index (κ2) is 6.25. The number of benzene rings is 1. The summed E-state index contributed by atoms with van der Waals surface area (Å²) in [5.41, 5.74) is -0.567. The first-order chi connectivity index (χ1) is 8.56. The van der Waals surface area contributed by atoms with Gasteiger partial charge in [0, 0.05) is 12.7 Å². The molecule has 1 aromatic carbocycles. The molecule has 0 aromatic heterocycles. The number of hydrogen-bond donors (Lipinski definition) is 1. The lowest BCUT2D eigenvalue weighted by Crippen LogP contribution is -2.44. The van der Waals surface area contributed by atoms with Crippen LogP contribution in [-0.4, -0.2) is 19.8 Å². The molecule has 1 rings (SSSR count). The van der Waals surface area contributed by atoms with Crippen LogP contribution in [0, 0.1) is 11.6 Å². The van der Waals surface area contributed by atoms with E-state index in [4.69, 9.17) is 4.74 Å². The highest BCUT2D eigenvalue weighted by molar-refractivity contribution is 5.26. The number of likely N-dealkylation sites (N-methyl/N-ethyl adjacent to an activating group) is 1. The Labute approximate surface area is 107 Å². The van der Waals surface area contributed by atoms with E-state index in [1.54, 1.807) is 14.2 Å². The summed E-state index contributed by atoms with van der Waals surface area (Å²) in [4.78, 5) is 0. The Morgan fingerprint density at radius 1 is 1.22 bits per heavy atom. The Bertz CT molecular complexity index is 363. The van der Waals surface area contributed by atoms with Gasteiger partial charge in [-0.05, 0) is 32.0 Å². The van der Waals surface area contributed by atoms with Gasteiger partial charge < -0.3 is 10.1 Å². The third-order valence-electron chi connectivity index (χ3n) is 3.71. The van der Waals surface area contributed by atoms with E-state index in [0.29, 0.717) is 12.8 Å². The third kappa shape index (κ3) is 2.54. The standard InChI is InChI=1S/C14H21F2NO/c1-5-14(6-2,18-4)13(17-3)12-10(15)8-7-9-11(12)16/h7-9,13,17H,5-6H2,1-4H3. The fourth-order valence-corrected chi connectivity index (χ4v) is 2.52. The van der Waals surface area contributed by atoms with Gasteiger partial charge in [0.05, 0.1) is 11.6 Å². The van der Waals surface area contributed by atoms with Gasteiger partial charge in [0.2, 0.25) is 0 Å². The van der Waals surface area contributed by atoms with Crippen LogP contribution in [0.1, 0.15) is 38.3 Å². The van der Waals surface area contributed by atoms with Gasteiger partial charge in [0.15, 0.2) is 0 Å². The molecule has 0 amide bonds. The van der Waals surface area contributed by atoms with E-state index in [-0.39, 0.29) is 5.56 Å². The van der Waals surface area contributed by atoms with E-state index in [0.717, 1.165) is 0 Å². The first-order valence-electron chi connectivity index (χ1n) is 6.22. The molecular weight excluding hydrogens is 236 g/mol. The molecule has 0 fully saturated rings. The van der Waals surface area contributed by atoms with Crippen molar-refractivity contribution in [2.45, 2.75) is 38.3 Å². The van der Waals surface area contributed by atoms with Crippen molar-refractivity contribution < 1.29 is 13.5 Å². The highest BCUT2D eigenvalue weighted by Crippen LogP contribution is 2.36. The summed E-state index contributed by atoms with van der Waals surface area (Å²) in [5.74, 6) is -1.09. The minimum absolute atomic E-state index is 0.0468. The van der Waals surface area contributed by atoms with E-state index < -0.39 is 23.3 Å². The van der Waals surface area contributed by atoms with Crippen molar-refractivity contribution in [2.24, 2.45) is 0 Å². The topological polar surface area (TPSA) is 21.3 Å². The molecule has 0 bridgehead atoms. The van der Waals surface area contributed by atoms with Crippen LogP contribution in [0.15, 0.2) is 18.2 Å². The SMILES string of the molecule is CCC(CC)(OC)C(NC)c1c(F)cccc1F. The Balaban J connectivity index is 3.32. The molecule has 0 spiro atoms. The summed E-state index contributed by atoms with van der Waals surface area (Å²) >= 11 is 0. The number of rotatable bonds is 6. The molecule has 4 heteroatoms. The van der Waals surface area contributed by atoms with Crippen molar-refractivity contribution in [1.82, 2.24) is 5.32 Å². The summed E-state index contributed by atoms with van der Waals surface area (Å²) < 4.78 is 33.3. The highest BCUT2D eigenvalue weighted by atomic mass is 19.1. The van der Waals surface area contributed by atoms with Crippen LogP contribution < -0.4 is 5.32 Å². The molecule has 0 saturated carbocycles. The molecule has 1 atom stereocenters. The molecule has 0 aliphatic rings. The molecule has 102 valence electrons. The quantitative estimate of drug-likeness (QED) is 0.843. The van der Waals surface area contributed by atoms with Crippen molar-refractivity contribution in [1.29, 1.82) is 0 Å². The Hall–Kier alpha value is -1.00. The van der Waals surface area contributed by atoms with Crippen LogP contribution in [-0.2, 0) is 4.74 Å². The van der Waals surface area contributed by atoms with Crippen LogP contribution >= 0.6 is 0 Å². The molecule has 2 nitrogen and oxygen atoms in total. The highest BCUT2D eigenvalue weighted by Gasteiger charge is 2.38. The zero-order valence-corrected chi connectivity index (χ0v) is 11.4. The molecular formula is C14H21F2NO. The summed E-state index contributed by atoms with van der Waals surface area (Å²) in [5, 5.41) is 2.99. The fraction of sp³-hybridized carbons (Fsp3) is 0.571. The molecule has 0 saturated heterocycles. The monoisotopic (exact) mass is 257 g/mol. The van der Waals surface area contributed by atoms with Gasteiger partial charge >= 0.3 is 0 Å². The number of halogens is 2. The zero-order chi connectivity index (χ0) is 13.8. The summed E-state index contributed by atoms with van der Waals surface area (Å²) in [6, 6.07) is 3.40. The number of methoxy groups -OCH3 is 1. The van der Waals surface area contributed by atoms with E-state index in [1.165, 1.54) is 18.2 Å². The van der Waals surface area contributed by atoms with Gasteiger partial charge in [-0.3, -0.25) is 0 Å². The molecule has 18 heavy (non-hydrogen) atoms. The lowest BCUT2D eigenvalue weighted by Gasteiger charge is -2.38. The fourth-order valence-electron chi connectivity index (χ4n) is 2.52. The van der Waals surface area contributed by atoms with Crippen molar-refractivity contribution in [3.05, 3.63) is 35.4 Å². The van der Waals surface area contributed by atoms with Crippen molar-refractivity contribution in [2.75, 3.05) is 14.2 Å². The molecule has 0 aliphatic heterocycles. The van der Waals surface area contributed by atoms with Gasteiger partial charge in [-0.1, -0.05) is 19.9 Å². The lowest BCUT2D eigenvalue weighted by molar-refractivity contribution is -0.0484. The largest absolute Gasteiger partial charge is 0.376 e. The Morgan fingerprint density at radius 2 is 1.72 bits per heavy atom. The van der Waals surface area contributed by atoms with E-state index >= 15 is 0 Å². The van der Waals surface area contributed by atoms with Crippen molar-refractivity contribution >= 4 is 0 Å². The predicted octanol–water partition coefficient (Wildman–Crippen LogP) is 3.43. The van der Waals surface area contributed by atoms with Gasteiger partial charge in [-0.25, -0.2) is 8.78 Å². The molecule has 1 unspecified atom stereocenters. The average molecular weight is 257 g/mol. The molecule has 0 radical (unpaired) electrons. The van der Waals surface area contributed by atoms with E-state index in [2.05, 4.69) is 5.32 Å². The van der Waals surface area contributed by atoms with Gasteiger partial charge in [0.1, 0.15) is 11.6 Å². The van der Waals surface area contributed by atoms with Crippen molar-refractivity contribution in [3.63, 3.8) is 0 Å². The Morgan fingerprint density at radius 3 is 2.06 bits per heavy atom. The van der Waals surface area contributed by atoms with Crippen LogP contribution in [0.5, 0.6) is 0 Å². The second-order valence-electron chi connectivity index (χ2n) is 4.33. The van der Waals surface area contributed by atoms with E-state index in [9.17, 15) is 8.78 Å². The van der Waals surface area contributed by atoms with Crippen LogP contribution in [0.2, 0.25) is 0 Å².